The molecule has 8 nitrogen and oxygen atoms in total. The lowest BCUT2D eigenvalue weighted by atomic mass is 10.1. The van der Waals surface area contributed by atoms with Gasteiger partial charge >= 0.3 is 0 Å². The number of aromatic nitrogens is 3. The number of carbonyl (C=O) groups excluding carboxylic acids is 1. The Morgan fingerprint density at radius 1 is 1.24 bits per heavy atom. The summed E-state index contributed by atoms with van der Waals surface area (Å²) in [5.74, 6) is -1.24. The summed E-state index contributed by atoms with van der Waals surface area (Å²) < 4.78 is 20.0. The molecule has 1 aliphatic rings. The lowest BCUT2D eigenvalue weighted by Gasteiger charge is -2.34. The number of methoxy groups -OCH3 is 1. The molecule has 0 bridgehead atoms. The zero-order chi connectivity index (χ0) is 25.0. The van der Waals surface area contributed by atoms with Crippen LogP contribution in [0.3, 0.4) is 0 Å². The summed E-state index contributed by atoms with van der Waals surface area (Å²) >= 11 is 1.17. The number of carbonyl (C=O) groups is 1. The van der Waals surface area contributed by atoms with Gasteiger partial charge in [0.2, 0.25) is 5.43 Å². The third-order valence-electron chi connectivity index (χ3n) is 5.67. The van der Waals surface area contributed by atoms with Crippen molar-refractivity contribution in [3.63, 3.8) is 0 Å². The Morgan fingerprint density at radius 3 is 2.59 bits per heavy atom. The third-order valence-corrected chi connectivity index (χ3v) is 6.63. The quantitative estimate of drug-likeness (QED) is 0.589. The second kappa shape index (κ2) is 10.9. The number of fused-ring (bicyclic) bond motifs is 1. The number of ether oxygens (including phenoxy) is 1. The molecule has 1 amide bonds. The van der Waals surface area contributed by atoms with Crippen LogP contribution in [0.15, 0.2) is 29.2 Å². The number of aromatic hydroxyl groups is 1. The van der Waals surface area contributed by atoms with Crippen molar-refractivity contribution in [2.24, 2.45) is 0 Å². The molecule has 1 aliphatic heterocycles. The van der Waals surface area contributed by atoms with Gasteiger partial charge in [-0.1, -0.05) is 30.4 Å². The molecule has 10 heteroatoms. The van der Waals surface area contributed by atoms with Gasteiger partial charge in [-0.3, -0.25) is 9.59 Å². The van der Waals surface area contributed by atoms with Crippen molar-refractivity contribution in [3.8, 4) is 16.3 Å². The van der Waals surface area contributed by atoms with E-state index < -0.39 is 11.2 Å². The summed E-state index contributed by atoms with van der Waals surface area (Å²) in [6, 6.07) is 5.02. The highest BCUT2D eigenvalue weighted by Gasteiger charge is 2.32. The average Bonchev–Trinajstić information content (AvgIpc) is 3.26. The maximum atomic E-state index is 14.2. The first-order valence-corrected chi connectivity index (χ1v) is 11.8. The van der Waals surface area contributed by atoms with Crippen LogP contribution in [0, 0.1) is 12.7 Å². The van der Waals surface area contributed by atoms with Gasteiger partial charge in [0.05, 0.1) is 5.56 Å². The van der Waals surface area contributed by atoms with Crippen molar-refractivity contribution in [2.45, 2.75) is 46.2 Å². The van der Waals surface area contributed by atoms with Crippen LogP contribution in [-0.2, 0) is 17.7 Å². The smallest absolute Gasteiger partial charge is 0.274 e. The molecule has 3 heterocycles. The number of halogens is 1. The highest BCUT2D eigenvalue weighted by Crippen LogP contribution is 2.28. The summed E-state index contributed by atoms with van der Waals surface area (Å²) in [4.78, 5) is 27.4. The fourth-order valence-corrected chi connectivity index (χ4v) is 4.56. The molecule has 0 spiro atoms. The number of hydrogen-bond acceptors (Lipinski definition) is 7. The zero-order valence-corrected chi connectivity index (χ0v) is 20.8. The third kappa shape index (κ3) is 5.18. The largest absolute Gasteiger partial charge is 0.503 e. The molecule has 1 atom stereocenters. The minimum Gasteiger partial charge on any atom is -0.503 e. The first kappa shape index (κ1) is 25.5. The highest BCUT2D eigenvalue weighted by molar-refractivity contribution is 7.14. The summed E-state index contributed by atoms with van der Waals surface area (Å²) in [5.41, 5.74) is 0.855. The molecule has 3 aromatic rings. The minimum absolute atomic E-state index is 0.00626. The molecule has 1 N–H and O–H groups in total. The van der Waals surface area contributed by atoms with E-state index in [0.717, 1.165) is 12.0 Å². The second-order valence-corrected chi connectivity index (χ2v) is 9.26. The molecule has 2 aromatic heterocycles. The number of pyridine rings is 1. The number of rotatable bonds is 5. The van der Waals surface area contributed by atoms with E-state index in [1.165, 1.54) is 17.4 Å². The number of aryl methyl sites for hydroxylation is 1. The number of amides is 1. The topological polar surface area (TPSA) is 97.5 Å². The zero-order valence-electron chi connectivity index (χ0n) is 20.0. The summed E-state index contributed by atoms with van der Waals surface area (Å²) in [6.45, 7) is 6.71. The molecule has 0 aliphatic carbocycles. The monoisotopic (exact) mass is 488 g/mol. The molecule has 0 radical (unpaired) electrons. The predicted octanol–water partition coefficient (Wildman–Crippen LogP) is 3.63. The van der Waals surface area contributed by atoms with Crippen LogP contribution in [0.5, 0.6) is 5.75 Å². The van der Waals surface area contributed by atoms with Gasteiger partial charge in [0.25, 0.3) is 5.91 Å². The Kier molecular flexibility index (Phi) is 8.16. The first-order chi connectivity index (χ1) is 16.2. The summed E-state index contributed by atoms with van der Waals surface area (Å²) in [5, 5.41) is 19.6. The van der Waals surface area contributed by atoms with E-state index in [2.05, 4.69) is 14.9 Å². The Balaban J connectivity index is 0.00000103. The molecular formula is C24H29FN4O4S. The van der Waals surface area contributed by atoms with Crippen LogP contribution in [0.1, 0.15) is 46.9 Å². The highest BCUT2D eigenvalue weighted by atomic mass is 32.1. The Hall–Kier alpha value is -3.11. The second-order valence-electron chi connectivity index (χ2n) is 8.20. The van der Waals surface area contributed by atoms with E-state index in [4.69, 9.17) is 0 Å². The van der Waals surface area contributed by atoms with Gasteiger partial charge in [0, 0.05) is 46.0 Å². The van der Waals surface area contributed by atoms with Crippen molar-refractivity contribution < 1.29 is 19.0 Å². The fraction of sp³-hybridized carbons (Fsp3) is 0.417. The Bertz CT molecular complexity index is 1240. The lowest BCUT2D eigenvalue weighted by molar-refractivity contribution is 0.0622. The maximum absolute atomic E-state index is 14.2. The van der Waals surface area contributed by atoms with E-state index in [-0.39, 0.29) is 35.4 Å². The Morgan fingerprint density at radius 2 is 1.94 bits per heavy atom. The summed E-state index contributed by atoms with van der Waals surface area (Å²) in [7, 11) is 3.25. The minimum atomic E-state index is -0.658. The summed E-state index contributed by atoms with van der Waals surface area (Å²) in [6.07, 6.45) is 2.59. The van der Waals surface area contributed by atoms with Crippen molar-refractivity contribution >= 4 is 17.2 Å². The molecule has 0 saturated carbocycles. The standard InChI is InChI=1S/C22H23FN4O3S.C2H6O/c1-4-13(3)27-8-7-26-11-15(19(28)20(29)18(26)22(27)30)21-25-24-17(31-21)10-14-6-5-12(2)9-16(14)23;1-3-2/h5-6,9,11,13,29H,4,7-8,10H2,1-3H3;1-2H3. The van der Waals surface area contributed by atoms with Crippen molar-refractivity contribution in [1.82, 2.24) is 19.7 Å². The fourth-order valence-electron chi connectivity index (χ4n) is 3.69. The van der Waals surface area contributed by atoms with E-state index in [1.54, 1.807) is 35.9 Å². The molecule has 1 unspecified atom stereocenters. The molecular weight excluding hydrogens is 459 g/mol. The number of benzene rings is 1. The molecule has 182 valence electrons. The molecule has 34 heavy (non-hydrogen) atoms. The molecule has 0 fully saturated rings. The molecule has 1 aromatic carbocycles. The number of nitrogens with zero attached hydrogens (tertiary/aromatic N) is 4. The normalized spacial score (nSPS) is 13.8. The van der Waals surface area contributed by atoms with E-state index in [1.807, 2.05) is 26.8 Å². The first-order valence-electron chi connectivity index (χ1n) is 11.0. The van der Waals surface area contributed by atoms with Crippen LogP contribution in [0.4, 0.5) is 4.39 Å². The van der Waals surface area contributed by atoms with E-state index in [0.29, 0.717) is 28.7 Å². The van der Waals surface area contributed by atoms with Gasteiger partial charge in [-0.15, -0.1) is 10.2 Å². The van der Waals surface area contributed by atoms with Gasteiger partial charge in [0.15, 0.2) is 16.5 Å². The van der Waals surface area contributed by atoms with Crippen LogP contribution < -0.4 is 5.43 Å². The van der Waals surface area contributed by atoms with E-state index >= 15 is 0 Å². The Labute approximate surface area is 201 Å². The maximum Gasteiger partial charge on any atom is 0.274 e. The lowest BCUT2D eigenvalue weighted by Crippen LogP contribution is -2.46. The van der Waals surface area contributed by atoms with Crippen LogP contribution in [0.2, 0.25) is 0 Å². The van der Waals surface area contributed by atoms with Crippen molar-refractivity contribution in [2.75, 3.05) is 20.8 Å². The molecule has 0 saturated heterocycles. The SMILES string of the molecule is CCC(C)N1CCn2cc(-c3nnc(Cc4ccc(C)cc4F)s3)c(=O)c(O)c2C1=O.COC. The van der Waals surface area contributed by atoms with Crippen LogP contribution >= 0.6 is 11.3 Å². The number of hydrogen-bond donors (Lipinski definition) is 1. The van der Waals surface area contributed by atoms with E-state index in [9.17, 15) is 19.1 Å². The van der Waals surface area contributed by atoms with Gasteiger partial charge in [-0.2, -0.15) is 0 Å². The van der Waals surface area contributed by atoms with Crippen molar-refractivity contribution in [1.29, 1.82) is 0 Å². The van der Waals surface area contributed by atoms with Crippen LogP contribution in [-0.4, -0.2) is 57.5 Å². The van der Waals surface area contributed by atoms with Gasteiger partial charge in [-0.25, -0.2) is 4.39 Å². The van der Waals surface area contributed by atoms with Gasteiger partial charge in [-0.05, 0) is 37.5 Å². The average molecular weight is 489 g/mol. The van der Waals surface area contributed by atoms with Crippen molar-refractivity contribution in [3.05, 3.63) is 62.3 Å². The predicted molar refractivity (Wildman–Crippen MR) is 129 cm³/mol. The van der Waals surface area contributed by atoms with Gasteiger partial charge < -0.3 is 19.3 Å². The molecule has 4 rings (SSSR count). The van der Waals surface area contributed by atoms with Gasteiger partial charge in [0.1, 0.15) is 10.8 Å². The van der Waals surface area contributed by atoms with Crippen LogP contribution in [0.25, 0.3) is 10.6 Å².